The van der Waals surface area contributed by atoms with E-state index in [0.29, 0.717) is 0 Å². The fraction of sp³-hybridized carbons (Fsp3) is 0.400. The molecule has 0 aliphatic rings. The largest absolute Gasteiger partial charge is 0.474 e. The van der Waals surface area contributed by atoms with Crippen LogP contribution in [0.4, 0.5) is 24.5 Å². The fourth-order valence-electron chi connectivity index (χ4n) is 1.26. The van der Waals surface area contributed by atoms with Gasteiger partial charge in [0.15, 0.2) is 11.9 Å². The molecular weight excluding hydrogens is 253 g/mol. The van der Waals surface area contributed by atoms with Gasteiger partial charge in [0.2, 0.25) is 0 Å². The number of alkyl halides is 3. The lowest BCUT2D eigenvalue weighted by molar-refractivity contribution is -0.385. The number of hydrogen-bond donors (Lipinski definition) is 1. The van der Waals surface area contributed by atoms with Crippen LogP contribution in [0.3, 0.4) is 0 Å². The number of nitrogens with one attached hydrogen (secondary N) is 1. The predicted molar refractivity (Wildman–Crippen MR) is 58.8 cm³/mol. The molecule has 1 aromatic carbocycles. The van der Waals surface area contributed by atoms with E-state index in [0.717, 1.165) is 13.0 Å². The van der Waals surface area contributed by atoms with Crippen molar-refractivity contribution in [1.82, 2.24) is 0 Å². The summed E-state index contributed by atoms with van der Waals surface area (Å²) in [5, 5.41) is 13.4. The first-order valence-corrected chi connectivity index (χ1v) is 4.96. The molecule has 1 N–H and O–H groups in total. The van der Waals surface area contributed by atoms with Crippen LogP contribution in [0.5, 0.6) is 5.75 Å². The molecule has 0 saturated heterocycles. The van der Waals surface area contributed by atoms with Gasteiger partial charge < -0.3 is 10.1 Å². The molecule has 8 heteroatoms. The minimum absolute atomic E-state index is 0.0897. The Morgan fingerprint density at radius 3 is 2.50 bits per heavy atom. The third-order valence-electron chi connectivity index (χ3n) is 2.22. The minimum Gasteiger partial charge on any atom is -0.474 e. The number of ether oxygens (including phenoxy) is 1. The molecule has 1 atom stereocenters. The summed E-state index contributed by atoms with van der Waals surface area (Å²) < 4.78 is 41.6. The second-order valence-corrected chi connectivity index (χ2v) is 3.46. The second-order valence-electron chi connectivity index (χ2n) is 3.46. The Kier molecular flexibility index (Phi) is 4.00. The number of anilines is 1. The average molecular weight is 264 g/mol. The first kappa shape index (κ1) is 14.1. The molecule has 0 bridgehead atoms. The molecule has 1 unspecified atom stereocenters. The van der Waals surface area contributed by atoms with Gasteiger partial charge in [0.1, 0.15) is 5.69 Å². The normalized spacial score (nSPS) is 12.9. The summed E-state index contributed by atoms with van der Waals surface area (Å²) in [5.41, 5.74) is -0.428. The lowest BCUT2D eigenvalue weighted by atomic mass is 10.2. The third kappa shape index (κ3) is 3.02. The molecule has 0 heterocycles. The van der Waals surface area contributed by atoms with Gasteiger partial charge in [-0.05, 0) is 19.1 Å². The Bertz CT molecular complexity index is 448. The Hall–Kier alpha value is -1.99. The predicted octanol–water partition coefficient (Wildman–Crippen LogP) is 2.97. The highest BCUT2D eigenvalue weighted by atomic mass is 19.4. The molecular formula is C10H11F3N2O3. The molecule has 0 radical (unpaired) electrons. The summed E-state index contributed by atoms with van der Waals surface area (Å²) in [5.74, 6) is -0.420. The van der Waals surface area contributed by atoms with E-state index in [9.17, 15) is 23.3 Å². The van der Waals surface area contributed by atoms with Gasteiger partial charge in [0, 0.05) is 7.05 Å². The van der Waals surface area contributed by atoms with Crippen molar-refractivity contribution >= 4 is 11.4 Å². The summed E-state index contributed by atoms with van der Waals surface area (Å²) >= 11 is 0. The van der Waals surface area contributed by atoms with E-state index in [1.807, 2.05) is 0 Å². The molecule has 5 nitrogen and oxygen atoms in total. The Balaban J connectivity index is 3.13. The van der Waals surface area contributed by atoms with Gasteiger partial charge in [-0.25, -0.2) is 0 Å². The maximum absolute atomic E-state index is 12.3. The molecule has 1 aromatic rings. The highest BCUT2D eigenvalue weighted by Crippen LogP contribution is 2.36. The Morgan fingerprint density at radius 1 is 1.44 bits per heavy atom. The number of rotatable bonds is 4. The van der Waals surface area contributed by atoms with Crippen molar-refractivity contribution in [1.29, 1.82) is 0 Å². The number of nitro groups is 1. The summed E-state index contributed by atoms with van der Waals surface area (Å²) in [6.45, 7) is 0.787. The number of benzene rings is 1. The van der Waals surface area contributed by atoms with Crippen molar-refractivity contribution in [2.75, 3.05) is 12.4 Å². The second kappa shape index (κ2) is 5.11. The number of hydrogen-bond acceptors (Lipinski definition) is 4. The molecule has 0 saturated carbocycles. The van der Waals surface area contributed by atoms with Gasteiger partial charge in [-0.3, -0.25) is 10.1 Å². The molecule has 0 aromatic heterocycles. The van der Waals surface area contributed by atoms with Crippen LogP contribution in [0.25, 0.3) is 0 Å². The van der Waals surface area contributed by atoms with E-state index in [-0.39, 0.29) is 5.69 Å². The van der Waals surface area contributed by atoms with E-state index in [2.05, 4.69) is 10.1 Å². The van der Waals surface area contributed by atoms with Crippen molar-refractivity contribution in [2.24, 2.45) is 0 Å². The van der Waals surface area contributed by atoms with Crippen molar-refractivity contribution in [2.45, 2.75) is 19.2 Å². The van der Waals surface area contributed by atoms with E-state index < -0.39 is 28.6 Å². The maximum atomic E-state index is 12.3. The third-order valence-corrected chi connectivity index (χ3v) is 2.22. The van der Waals surface area contributed by atoms with E-state index in [1.165, 1.54) is 19.2 Å². The van der Waals surface area contributed by atoms with Crippen molar-refractivity contribution in [3.63, 3.8) is 0 Å². The van der Waals surface area contributed by atoms with Crippen molar-refractivity contribution in [3.05, 3.63) is 28.3 Å². The van der Waals surface area contributed by atoms with Crippen LogP contribution < -0.4 is 10.1 Å². The molecule has 100 valence electrons. The highest BCUT2D eigenvalue weighted by Gasteiger charge is 2.39. The zero-order valence-electron chi connectivity index (χ0n) is 9.62. The van der Waals surface area contributed by atoms with Crippen molar-refractivity contribution < 1.29 is 22.8 Å². The first-order valence-electron chi connectivity index (χ1n) is 4.96. The molecule has 0 spiro atoms. The molecule has 0 amide bonds. The topological polar surface area (TPSA) is 64.4 Å². The maximum Gasteiger partial charge on any atom is 0.425 e. The molecule has 0 aliphatic heterocycles. The number of nitro benzene ring substituents is 1. The quantitative estimate of drug-likeness (QED) is 0.670. The van der Waals surface area contributed by atoms with Crippen LogP contribution in [0.2, 0.25) is 0 Å². The first-order chi connectivity index (χ1) is 8.27. The molecule has 1 rings (SSSR count). The fourth-order valence-corrected chi connectivity index (χ4v) is 1.26. The van der Waals surface area contributed by atoms with Gasteiger partial charge >= 0.3 is 11.9 Å². The van der Waals surface area contributed by atoms with Gasteiger partial charge in [0.25, 0.3) is 0 Å². The lowest BCUT2D eigenvalue weighted by Crippen LogP contribution is -2.31. The summed E-state index contributed by atoms with van der Waals surface area (Å²) in [6.07, 6.45) is -6.70. The van der Waals surface area contributed by atoms with E-state index in [4.69, 9.17) is 0 Å². The van der Waals surface area contributed by atoms with E-state index >= 15 is 0 Å². The minimum atomic E-state index is -4.58. The zero-order chi connectivity index (χ0) is 13.9. The van der Waals surface area contributed by atoms with Crippen molar-refractivity contribution in [3.8, 4) is 5.75 Å². The Morgan fingerprint density at radius 2 is 2.06 bits per heavy atom. The summed E-state index contributed by atoms with van der Waals surface area (Å²) in [7, 11) is 1.43. The summed E-state index contributed by atoms with van der Waals surface area (Å²) in [6, 6.07) is 3.88. The van der Waals surface area contributed by atoms with Gasteiger partial charge in [-0.2, -0.15) is 13.2 Å². The van der Waals surface area contributed by atoms with Crippen LogP contribution in [0, 0.1) is 10.1 Å². The number of nitrogens with zero attached hydrogens (tertiary/aromatic N) is 1. The lowest BCUT2D eigenvalue weighted by Gasteiger charge is -2.18. The number of para-hydroxylation sites is 1. The van der Waals surface area contributed by atoms with Crippen LogP contribution in [-0.4, -0.2) is 24.3 Å². The molecule has 0 fully saturated rings. The van der Waals surface area contributed by atoms with Crippen LogP contribution in [-0.2, 0) is 0 Å². The SMILES string of the molecule is CNc1cccc(OC(C)C(F)(F)F)c1[N+](=O)[O-]. The van der Waals surface area contributed by atoms with Gasteiger partial charge in [-0.1, -0.05) is 6.07 Å². The molecule has 18 heavy (non-hydrogen) atoms. The summed E-state index contributed by atoms with van der Waals surface area (Å²) in [4.78, 5) is 10.0. The zero-order valence-corrected chi connectivity index (χ0v) is 9.62. The smallest absolute Gasteiger partial charge is 0.425 e. The van der Waals surface area contributed by atoms with Gasteiger partial charge in [0.05, 0.1) is 4.92 Å². The van der Waals surface area contributed by atoms with Gasteiger partial charge in [-0.15, -0.1) is 0 Å². The van der Waals surface area contributed by atoms with Crippen LogP contribution >= 0.6 is 0 Å². The number of halogens is 3. The van der Waals surface area contributed by atoms with Crippen LogP contribution in [0.1, 0.15) is 6.92 Å². The standard InChI is InChI=1S/C10H11F3N2O3/c1-6(10(11,12)13)18-8-5-3-4-7(14-2)9(8)15(16)17/h3-6,14H,1-2H3. The monoisotopic (exact) mass is 264 g/mol. The van der Waals surface area contributed by atoms with E-state index in [1.54, 1.807) is 0 Å². The van der Waals surface area contributed by atoms with Crippen LogP contribution in [0.15, 0.2) is 18.2 Å². The molecule has 0 aliphatic carbocycles. The highest BCUT2D eigenvalue weighted by molar-refractivity contribution is 5.68. The Labute approximate surface area is 101 Å². The average Bonchev–Trinajstić information content (AvgIpc) is 2.26.